The lowest BCUT2D eigenvalue weighted by Gasteiger charge is -2.16. The second-order valence-electron chi connectivity index (χ2n) is 7.81. The molecule has 1 aliphatic rings. The van der Waals surface area contributed by atoms with Crippen LogP contribution in [0.25, 0.3) is 0 Å². The first-order valence-electron chi connectivity index (χ1n) is 10.5. The first-order valence-corrected chi connectivity index (χ1v) is 10.5. The van der Waals surface area contributed by atoms with Gasteiger partial charge in [-0.15, -0.1) is 24.0 Å². The summed E-state index contributed by atoms with van der Waals surface area (Å²) >= 11 is 0. The van der Waals surface area contributed by atoms with E-state index in [2.05, 4.69) is 59.3 Å². The minimum absolute atomic E-state index is 0. The lowest BCUT2D eigenvalue weighted by molar-refractivity contribution is 0.0963. The quantitative estimate of drug-likeness (QED) is 0.268. The molecule has 1 fully saturated rings. The van der Waals surface area contributed by atoms with Gasteiger partial charge in [-0.05, 0) is 61.3 Å². The number of carbonyl (C=O) groups is 1. The van der Waals surface area contributed by atoms with E-state index >= 15 is 0 Å². The van der Waals surface area contributed by atoms with Crippen LogP contribution in [0.3, 0.4) is 0 Å². The molecule has 162 valence electrons. The average Bonchev–Trinajstić information content (AvgIpc) is 3.52. The van der Waals surface area contributed by atoms with Crippen LogP contribution >= 0.6 is 24.0 Å². The summed E-state index contributed by atoms with van der Waals surface area (Å²) in [5.41, 5.74) is 3.56. The van der Waals surface area contributed by atoms with Crippen molar-refractivity contribution < 1.29 is 4.79 Å². The molecule has 0 bridgehead atoms. The average molecular weight is 520 g/mol. The molecule has 0 aliphatic heterocycles. The monoisotopic (exact) mass is 520 g/mol. The van der Waals surface area contributed by atoms with Crippen LogP contribution in [0.15, 0.2) is 59.6 Å². The van der Waals surface area contributed by atoms with Gasteiger partial charge in [-0.2, -0.15) is 0 Å². The summed E-state index contributed by atoms with van der Waals surface area (Å²) in [5.74, 6) is 0.817. The van der Waals surface area contributed by atoms with E-state index in [9.17, 15) is 4.79 Å². The number of guanidine groups is 1. The number of benzene rings is 2. The molecule has 0 unspecified atom stereocenters. The maximum atomic E-state index is 11.8. The van der Waals surface area contributed by atoms with Crippen molar-refractivity contribution in [1.29, 1.82) is 0 Å². The standard InChI is InChI=1S/C24H32N4O.HI/c1-3-26-23(27-15-12-19-10-7-11-21(16-19)22(29)25-2)28-18-24(13-14-24)17-20-8-5-4-6-9-20;/h4-11,16H,3,12-15,17-18H2,1-2H3,(H,25,29)(H2,26,27,28);1H. The van der Waals surface area contributed by atoms with E-state index in [1.807, 2.05) is 18.2 Å². The number of carbonyl (C=O) groups excluding carboxylic acids is 1. The zero-order chi connectivity index (χ0) is 20.5. The Bertz CT molecular complexity index is 834. The molecule has 6 heteroatoms. The Labute approximate surface area is 197 Å². The van der Waals surface area contributed by atoms with Gasteiger partial charge in [-0.25, -0.2) is 0 Å². The normalized spacial score (nSPS) is 14.4. The van der Waals surface area contributed by atoms with Gasteiger partial charge in [-0.3, -0.25) is 9.79 Å². The van der Waals surface area contributed by atoms with E-state index in [1.54, 1.807) is 7.05 Å². The number of nitrogens with one attached hydrogen (secondary N) is 3. The minimum Gasteiger partial charge on any atom is -0.357 e. The summed E-state index contributed by atoms with van der Waals surface area (Å²) in [6, 6.07) is 18.5. The second kappa shape index (κ2) is 11.9. The Morgan fingerprint density at radius 3 is 2.43 bits per heavy atom. The molecule has 0 saturated heterocycles. The molecule has 0 heterocycles. The van der Waals surface area contributed by atoms with E-state index in [0.29, 0.717) is 11.0 Å². The maximum absolute atomic E-state index is 11.8. The highest BCUT2D eigenvalue weighted by Crippen LogP contribution is 2.48. The molecule has 0 atom stereocenters. The van der Waals surface area contributed by atoms with Crippen LogP contribution in [-0.2, 0) is 12.8 Å². The van der Waals surface area contributed by atoms with Gasteiger partial charge in [0.05, 0.1) is 0 Å². The Kier molecular flexibility index (Phi) is 9.62. The summed E-state index contributed by atoms with van der Waals surface area (Å²) in [6.45, 7) is 4.54. The number of hydrogen-bond donors (Lipinski definition) is 3. The van der Waals surface area contributed by atoms with E-state index in [4.69, 9.17) is 4.99 Å². The van der Waals surface area contributed by atoms with Crippen molar-refractivity contribution in [3.8, 4) is 0 Å². The summed E-state index contributed by atoms with van der Waals surface area (Å²) < 4.78 is 0. The second-order valence-corrected chi connectivity index (χ2v) is 7.81. The molecule has 2 aromatic carbocycles. The van der Waals surface area contributed by atoms with Crippen LogP contribution in [0.1, 0.15) is 41.3 Å². The zero-order valence-electron chi connectivity index (χ0n) is 17.9. The molecule has 2 aromatic rings. The van der Waals surface area contributed by atoms with Crippen molar-refractivity contribution in [3.05, 3.63) is 71.3 Å². The molecule has 0 radical (unpaired) electrons. The lowest BCUT2D eigenvalue weighted by atomic mass is 9.97. The van der Waals surface area contributed by atoms with Crippen molar-refractivity contribution in [2.75, 3.05) is 26.7 Å². The van der Waals surface area contributed by atoms with Crippen LogP contribution in [0.5, 0.6) is 0 Å². The van der Waals surface area contributed by atoms with E-state index in [1.165, 1.54) is 18.4 Å². The van der Waals surface area contributed by atoms with Gasteiger partial charge in [0, 0.05) is 32.2 Å². The van der Waals surface area contributed by atoms with Gasteiger partial charge in [0.25, 0.3) is 5.91 Å². The highest BCUT2D eigenvalue weighted by atomic mass is 127. The molecular formula is C24H33IN4O. The van der Waals surface area contributed by atoms with Crippen LogP contribution in [-0.4, -0.2) is 38.5 Å². The van der Waals surface area contributed by atoms with Gasteiger partial charge in [0.15, 0.2) is 5.96 Å². The van der Waals surface area contributed by atoms with Crippen LogP contribution in [0.4, 0.5) is 0 Å². The van der Waals surface area contributed by atoms with Gasteiger partial charge in [-0.1, -0.05) is 42.5 Å². The third kappa shape index (κ3) is 7.31. The van der Waals surface area contributed by atoms with Crippen LogP contribution in [0, 0.1) is 5.41 Å². The molecular weight excluding hydrogens is 487 g/mol. The molecule has 1 amide bonds. The Morgan fingerprint density at radius 1 is 1.03 bits per heavy atom. The first kappa shape index (κ1) is 24.2. The van der Waals surface area contributed by atoms with Crippen molar-refractivity contribution in [2.45, 2.75) is 32.6 Å². The van der Waals surface area contributed by atoms with Gasteiger partial charge in [0.2, 0.25) is 0 Å². The first-order chi connectivity index (χ1) is 14.1. The fourth-order valence-electron chi connectivity index (χ4n) is 3.52. The van der Waals surface area contributed by atoms with E-state index in [-0.39, 0.29) is 29.9 Å². The third-order valence-electron chi connectivity index (χ3n) is 5.42. The van der Waals surface area contributed by atoms with Gasteiger partial charge < -0.3 is 16.0 Å². The van der Waals surface area contributed by atoms with Gasteiger partial charge in [0.1, 0.15) is 0 Å². The highest BCUT2D eigenvalue weighted by molar-refractivity contribution is 14.0. The van der Waals surface area contributed by atoms with Crippen LogP contribution < -0.4 is 16.0 Å². The highest BCUT2D eigenvalue weighted by Gasteiger charge is 2.42. The molecule has 30 heavy (non-hydrogen) atoms. The number of aliphatic imine (C=N–C) groups is 1. The molecule has 3 N–H and O–H groups in total. The summed E-state index contributed by atoms with van der Waals surface area (Å²) in [6.07, 6.45) is 4.43. The van der Waals surface area contributed by atoms with Crippen molar-refractivity contribution in [3.63, 3.8) is 0 Å². The van der Waals surface area contributed by atoms with E-state index < -0.39 is 0 Å². The van der Waals surface area contributed by atoms with Crippen LogP contribution in [0.2, 0.25) is 0 Å². The summed E-state index contributed by atoms with van der Waals surface area (Å²) in [5, 5.41) is 9.45. The Morgan fingerprint density at radius 2 is 1.77 bits per heavy atom. The molecule has 1 saturated carbocycles. The number of halogens is 1. The number of nitrogens with zero attached hydrogens (tertiary/aromatic N) is 1. The largest absolute Gasteiger partial charge is 0.357 e. The summed E-state index contributed by atoms with van der Waals surface area (Å²) in [4.78, 5) is 16.7. The molecule has 1 aliphatic carbocycles. The Hall–Kier alpha value is -2.09. The number of rotatable bonds is 9. The van der Waals surface area contributed by atoms with Crippen molar-refractivity contribution in [1.82, 2.24) is 16.0 Å². The number of amides is 1. The van der Waals surface area contributed by atoms with Crippen molar-refractivity contribution >= 4 is 35.8 Å². The zero-order valence-corrected chi connectivity index (χ0v) is 20.2. The maximum Gasteiger partial charge on any atom is 0.251 e. The fraction of sp³-hybridized carbons (Fsp3) is 0.417. The third-order valence-corrected chi connectivity index (χ3v) is 5.42. The Balaban J connectivity index is 0.00000320. The van der Waals surface area contributed by atoms with Gasteiger partial charge >= 0.3 is 0 Å². The predicted octanol–water partition coefficient (Wildman–Crippen LogP) is 3.78. The molecule has 5 nitrogen and oxygen atoms in total. The van der Waals surface area contributed by atoms with E-state index in [0.717, 1.165) is 44.0 Å². The summed E-state index contributed by atoms with van der Waals surface area (Å²) in [7, 11) is 1.65. The fourth-order valence-corrected chi connectivity index (χ4v) is 3.52. The number of hydrogen-bond acceptors (Lipinski definition) is 2. The SMILES string of the molecule is CCNC(=NCC1(Cc2ccccc2)CC1)NCCc1cccc(C(=O)NC)c1.I. The smallest absolute Gasteiger partial charge is 0.251 e. The van der Waals surface area contributed by atoms with Crippen molar-refractivity contribution in [2.24, 2.45) is 10.4 Å². The topological polar surface area (TPSA) is 65.5 Å². The molecule has 3 rings (SSSR count). The minimum atomic E-state index is -0.0529. The predicted molar refractivity (Wildman–Crippen MR) is 135 cm³/mol. The molecule has 0 spiro atoms. The molecule has 0 aromatic heterocycles. The lowest BCUT2D eigenvalue weighted by Crippen LogP contribution is -2.38.